The molecular weight excluding hydrogens is 346 g/mol. The fourth-order valence-corrected chi connectivity index (χ4v) is 3.94. The summed E-state index contributed by atoms with van der Waals surface area (Å²) < 4.78 is 7.15. The first kappa shape index (κ1) is 14.6. The molecule has 0 aliphatic carbocycles. The van der Waals surface area contributed by atoms with Gasteiger partial charge in [-0.1, -0.05) is 30.3 Å². The summed E-state index contributed by atoms with van der Waals surface area (Å²) in [5, 5.41) is 4.41. The summed E-state index contributed by atoms with van der Waals surface area (Å²) in [7, 11) is 0. The Kier molecular flexibility index (Phi) is 4.29. The number of benzene rings is 2. The van der Waals surface area contributed by atoms with Gasteiger partial charge in [-0.2, -0.15) is 0 Å². The summed E-state index contributed by atoms with van der Waals surface area (Å²) in [5.41, 5.74) is 7.14. The number of halogens is 1. The quantitative estimate of drug-likeness (QED) is 0.705. The van der Waals surface area contributed by atoms with E-state index >= 15 is 0 Å². The lowest BCUT2D eigenvalue weighted by Crippen LogP contribution is -2.18. The van der Waals surface area contributed by atoms with Gasteiger partial charge in [0.1, 0.15) is 11.9 Å². The number of thiophene rings is 1. The third kappa shape index (κ3) is 2.84. The predicted molar refractivity (Wildman–Crippen MR) is 93.1 cm³/mol. The molecule has 4 heteroatoms. The van der Waals surface area contributed by atoms with E-state index in [-0.39, 0.29) is 6.10 Å². The van der Waals surface area contributed by atoms with Crippen molar-refractivity contribution in [3.63, 3.8) is 0 Å². The summed E-state index contributed by atoms with van der Waals surface area (Å²) in [6, 6.07) is 14.4. The number of nitrogens with two attached hydrogens (primary N) is 1. The largest absolute Gasteiger partial charge is 0.482 e. The number of hydrogen-bond acceptors (Lipinski definition) is 3. The maximum absolute atomic E-state index is 6.17. The lowest BCUT2D eigenvalue weighted by Gasteiger charge is -2.19. The molecule has 0 aliphatic heterocycles. The number of fused-ring (bicyclic) bond motifs is 1. The van der Waals surface area contributed by atoms with E-state index in [0.29, 0.717) is 6.54 Å². The van der Waals surface area contributed by atoms with Crippen molar-refractivity contribution in [2.24, 2.45) is 5.73 Å². The second-order valence-electron chi connectivity index (χ2n) is 4.91. The molecule has 3 rings (SSSR count). The normalized spacial score (nSPS) is 12.5. The number of hydrogen-bond donors (Lipinski definition) is 1. The highest BCUT2D eigenvalue weighted by atomic mass is 79.9. The molecule has 2 aromatic carbocycles. The lowest BCUT2D eigenvalue weighted by molar-refractivity contribution is 0.216. The minimum atomic E-state index is -0.109. The van der Waals surface area contributed by atoms with Crippen molar-refractivity contribution in [2.75, 3.05) is 6.54 Å². The van der Waals surface area contributed by atoms with Gasteiger partial charge in [-0.25, -0.2) is 0 Å². The molecule has 0 saturated carbocycles. The van der Waals surface area contributed by atoms with Crippen LogP contribution in [-0.2, 0) is 0 Å². The molecule has 0 bridgehead atoms. The molecule has 108 valence electrons. The van der Waals surface area contributed by atoms with Gasteiger partial charge >= 0.3 is 0 Å². The van der Waals surface area contributed by atoms with Crippen LogP contribution in [-0.4, -0.2) is 6.54 Å². The van der Waals surface area contributed by atoms with Crippen molar-refractivity contribution in [3.8, 4) is 5.75 Å². The fourth-order valence-electron chi connectivity index (χ4n) is 2.38. The minimum Gasteiger partial charge on any atom is -0.482 e. The number of aryl methyl sites for hydroxylation is 1. The van der Waals surface area contributed by atoms with Crippen LogP contribution in [0.25, 0.3) is 10.8 Å². The summed E-state index contributed by atoms with van der Waals surface area (Å²) in [5.74, 6) is 0.831. The lowest BCUT2D eigenvalue weighted by atomic mass is 10.1. The minimum absolute atomic E-state index is 0.109. The third-order valence-electron chi connectivity index (χ3n) is 3.51. The molecule has 0 aliphatic rings. The Labute approximate surface area is 136 Å². The molecule has 21 heavy (non-hydrogen) atoms. The summed E-state index contributed by atoms with van der Waals surface area (Å²) >= 11 is 5.35. The van der Waals surface area contributed by atoms with Gasteiger partial charge in [0.05, 0.1) is 4.47 Å². The average molecular weight is 362 g/mol. The van der Waals surface area contributed by atoms with E-state index in [2.05, 4.69) is 52.5 Å². The van der Waals surface area contributed by atoms with Crippen LogP contribution < -0.4 is 10.5 Å². The Morgan fingerprint density at radius 1 is 1.19 bits per heavy atom. The summed E-state index contributed by atoms with van der Waals surface area (Å²) in [4.78, 5) is 1.19. The molecule has 1 unspecified atom stereocenters. The highest BCUT2D eigenvalue weighted by Gasteiger charge is 2.17. The Bertz CT molecular complexity index is 768. The maximum Gasteiger partial charge on any atom is 0.145 e. The number of ether oxygens (including phenoxy) is 1. The van der Waals surface area contributed by atoms with Crippen molar-refractivity contribution in [3.05, 3.63) is 62.8 Å². The van der Waals surface area contributed by atoms with Gasteiger partial charge in [0.15, 0.2) is 0 Å². The molecule has 1 heterocycles. The summed E-state index contributed by atoms with van der Waals surface area (Å²) in [6.45, 7) is 2.55. The smallest absolute Gasteiger partial charge is 0.145 e. The topological polar surface area (TPSA) is 35.2 Å². The fraction of sp³-hybridized carbons (Fsp3) is 0.176. The standard InChI is InChI=1S/C17H16BrNOS/c1-11-8-9-21-17(11)15(10-19)20-14-7-6-12-4-2-3-5-13(12)16(14)18/h2-9,15H,10,19H2,1H3. The van der Waals surface area contributed by atoms with E-state index in [4.69, 9.17) is 10.5 Å². The second kappa shape index (κ2) is 6.18. The number of rotatable bonds is 4. The van der Waals surface area contributed by atoms with E-state index in [0.717, 1.165) is 15.6 Å². The molecule has 0 radical (unpaired) electrons. The van der Waals surface area contributed by atoms with Crippen LogP contribution in [0.2, 0.25) is 0 Å². The zero-order valence-corrected chi connectivity index (χ0v) is 14.1. The third-order valence-corrected chi connectivity index (χ3v) is 5.43. The first-order valence-electron chi connectivity index (χ1n) is 6.78. The van der Waals surface area contributed by atoms with Crippen molar-refractivity contribution < 1.29 is 4.74 Å². The van der Waals surface area contributed by atoms with E-state index in [1.165, 1.54) is 15.8 Å². The van der Waals surface area contributed by atoms with Crippen molar-refractivity contribution in [1.82, 2.24) is 0 Å². The Hall–Kier alpha value is -1.36. The molecule has 1 atom stereocenters. The Balaban J connectivity index is 1.97. The van der Waals surface area contributed by atoms with Gasteiger partial charge in [-0.05, 0) is 56.7 Å². The van der Waals surface area contributed by atoms with Gasteiger partial charge in [-0.15, -0.1) is 11.3 Å². The van der Waals surface area contributed by atoms with Crippen LogP contribution in [0.3, 0.4) is 0 Å². The van der Waals surface area contributed by atoms with Crippen LogP contribution in [0, 0.1) is 6.92 Å². The molecule has 2 nitrogen and oxygen atoms in total. The van der Waals surface area contributed by atoms with Crippen molar-refractivity contribution >= 4 is 38.0 Å². The molecule has 2 N–H and O–H groups in total. The van der Waals surface area contributed by atoms with Gasteiger partial charge in [-0.3, -0.25) is 0 Å². The van der Waals surface area contributed by atoms with Crippen LogP contribution in [0.1, 0.15) is 16.5 Å². The SMILES string of the molecule is Cc1ccsc1C(CN)Oc1ccc2ccccc2c1Br. The van der Waals surface area contributed by atoms with Gasteiger partial charge < -0.3 is 10.5 Å². The molecule has 1 aromatic heterocycles. The average Bonchev–Trinajstić information content (AvgIpc) is 2.93. The monoisotopic (exact) mass is 361 g/mol. The van der Waals surface area contributed by atoms with Crippen molar-refractivity contribution in [1.29, 1.82) is 0 Å². The van der Waals surface area contributed by atoms with Crippen LogP contribution in [0.15, 0.2) is 52.3 Å². The van der Waals surface area contributed by atoms with Crippen molar-refractivity contribution in [2.45, 2.75) is 13.0 Å². The van der Waals surface area contributed by atoms with Crippen LogP contribution in [0.4, 0.5) is 0 Å². The van der Waals surface area contributed by atoms with E-state index < -0.39 is 0 Å². The molecule has 0 fully saturated rings. The Morgan fingerprint density at radius 2 is 2.00 bits per heavy atom. The van der Waals surface area contributed by atoms with Crippen LogP contribution >= 0.6 is 27.3 Å². The van der Waals surface area contributed by atoms with E-state index in [1.807, 2.05) is 18.2 Å². The second-order valence-corrected chi connectivity index (χ2v) is 6.65. The zero-order valence-electron chi connectivity index (χ0n) is 11.7. The highest BCUT2D eigenvalue weighted by Crippen LogP contribution is 2.36. The van der Waals surface area contributed by atoms with Crippen LogP contribution in [0.5, 0.6) is 5.75 Å². The maximum atomic E-state index is 6.17. The van der Waals surface area contributed by atoms with Gasteiger partial charge in [0, 0.05) is 11.4 Å². The zero-order chi connectivity index (χ0) is 14.8. The summed E-state index contributed by atoms with van der Waals surface area (Å²) in [6.07, 6.45) is -0.109. The first-order valence-corrected chi connectivity index (χ1v) is 8.46. The molecule has 0 saturated heterocycles. The predicted octanol–water partition coefficient (Wildman–Crippen LogP) is 5.05. The molecule has 0 amide bonds. The molecule has 0 spiro atoms. The molecular formula is C17H16BrNOS. The Morgan fingerprint density at radius 3 is 2.71 bits per heavy atom. The highest BCUT2D eigenvalue weighted by molar-refractivity contribution is 9.10. The van der Waals surface area contributed by atoms with Gasteiger partial charge in [0.2, 0.25) is 0 Å². The molecule has 3 aromatic rings. The van der Waals surface area contributed by atoms with E-state index in [1.54, 1.807) is 11.3 Å². The van der Waals surface area contributed by atoms with Gasteiger partial charge in [0.25, 0.3) is 0 Å². The van der Waals surface area contributed by atoms with E-state index in [9.17, 15) is 0 Å². The first-order chi connectivity index (χ1) is 10.2.